The van der Waals surface area contributed by atoms with E-state index in [4.69, 9.17) is 0 Å². The molecule has 1 aromatic rings. The summed E-state index contributed by atoms with van der Waals surface area (Å²) in [6.45, 7) is 2.48. The zero-order chi connectivity index (χ0) is 10.7. The fourth-order valence-corrected chi connectivity index (χ4v) is 3.02. The van der Waals surface area contributed by atoms with Crippen molar-refractivity contribution in [2.75, 3.05) is 12.3 Å². The van der Waals surface area contributed by atoms with Crippen molar-refractivity contribution in [1.29, 1.82) is 0 Å². The van der Waals surface area contributed by atoms with Gasteiger partial charge in [0.2, 0.25) is 0 Å². The van der Waals surface area contributed by atoms with E-state index in [2.05, 4.69) is 29.6 Å². The fraction of sp³-hybridized carbons (Fsp3) is 0.417. The Hall–Kier alpha value is -0.800. The number of carbonyl (C=O) groups excluding carboxylic acids is 1. The molecular formula is C12H15NOS. The second-order valence-corrected chi connectivity index (χ2v) is 4.98. The van der Waals surface area contributed by atoms with E-state index in [1.807, 2.05) is 17.8 Å². The number of benzene rings is 1. The monoisotopic (exact) mass is 221 g/mol. The molecule has 80 valence electrons. The van der Waals surface area contributed by atoms with Gasteiger partial charge in [-0.05, 0) is 12.5 Å². The Morgan fingerprint density at radius 3 is 2.67 bits per heavy atom. The Morgan fingerprint density at radius 1 is 1.40 bits per heavy atom. The summed E-state index contributed by atoms with van der Waals surface area (Å²) in [6, 6.07) is 10.4. The van der Waals surface area contributed by atoms with E-state index in [9.17, 15) is 4.79 Å². The molecule has 1 aliphatic heterocycles. The minimum absolute atomic E-state index is 0.190. The summed E-state index contributed by atoms with van der Waals surface area (Å²) in [5.74, 6) is 1.42. The third-order valence-electron chi connectivity index (χ3n) is 2.69. The zero-order valence-corrected chi connectivity index (χ0v) is 9.59. The van der Waals surface area contributed by atoms with Gasteiger partial charge >= 0.3 is 0 Å². The molecule has 1 fully saturated rings. The van der Waals surface area contributed by atoms with Gasteiger partial charge in [0.15, 0.2) is 0 Å². The summed E-state index contributed by atoms with van der Waals surface area (Å²) in [5, 5.41) is 3.76. The lowest BCUT2D eigenvalue weighted by Crippen LogP contribution is -2.36. The van der Waals surface area contributed by atoms with Gasteiger partial charge in [-0.2, -0.15) is 0 Å². The Balaban J connectivity index is 1.97. The van der Waals surface area contributed by atoms with Crippen LogP contribution < -0.4 is 5.32 Å². The molecule has 2 nitrogen and oxygen atoms in total. The lowest BCUT2D eigenvalue weighted by molar-refractivity contribution is -0.120. The van der Waals surface area contributed by atoms with Crippen LogP contribution in [-0.4, -0.2) is 18.1 Å². The maximum absolute atomic E-state index is 11.2. The van der Waals surface area contributed by atoms with Gasteiger partial charge in [0.25, 0.3) is 0 Å². The molecule has 2 unspecified atom stereocenters. The van der Waals surface area contributed by atoms with E-state index in [1.54, 1.807) is 6.92 Å². The maximum atomic E-state index is 11.2. The second kappa shape index (κ2) is 4.81. The molecule has 2 atom stereocenters. The van der Waals surface area contributed by atoms with Crippen LogP contribution in [0.15, 0.2) is 30.3 Å². The number of hydrogen-bond acceptors (Lipinski definition) is 3. The highest BCUT2D eigenvalue weighted by Gasteiger charge is 2.24. The summed E-state index contributed by atoms with van der Waals surface area (Å²) in [7, 11) is 0. The molecule has 0 spiro atoms. The van der Waals surface area contributed by atoms with E-state index < -0.39 is 0 Å². The average molecular weight is 221 g/mol. The maximum Gasteiger partial charge on any atom is 0.135 e. The van der Waals surface area contributed by atoms with Gasteiger partial charge in [-0.15, -0.1) is 11.8 Å². The van der Waals surface area contributed by atoms with Crippen LogP contribution in [0.2, 0.25) is 0 Å². The highest BCUT2D eigenvalue weighted by Crippen LogP contribution is 2.31. The molecule has 0 amide bonds. The van der Waals surface area contributed by atoms with Crippen LogP contribution in [-0.2, 0) is 4.79 Å². The lowest BCUT2D eigenvalue weighted by Gasteiger charge is -2.28. The molecule has 1 N–H and O–H groups in total. The van der Waals surface area contributed by atoms with Gasteiger partial charge < -0.3 is 5.32 Å². The number of ketones is 1. The van der Waals surface area contributed by atoms with Crippen molar-refractivity contribution in [2.24, 2.45) is 5.92 Å². The third-order valence-corrected chi connectivity index (χ3v) is 4.06. The van der Waals surface area contributed by atoms with Gasteiger partial charge in [0.05, 0.1) is 5.37 Å². The van der Waals surface area contributed by atoms with Crippen molar-refractivity contribution in [3.8, 4) is 0 Å². The molecule has 1 saturated heterocycles. The standard InChI is InChI=1S/C12H15NOS/c1-9(14)11-7-13-12(15-8-11)10-5-3-2-4-6-10/h2-6,11-13H,7-8H2,1H3. The van der Waals surface area contributed by atoms with Crippen LogP contribution in [0.25, 0.3) is 0 Å². The first kappa shape index (κ1) is 10.7. The molecule has 15 heavy (non-hydrogen) atoms. The summed E-state index contributed by atoms with van der Waals surface area (Å²) in [4.78, 5) is 11.2. The van der Waals surface area contributed by atoms with Gasteiger partial charge in [-0.3, -0.25) is 4.79 Å². The molecule has 0 radical (unpaired) electrons. The van der Waals surface area contributed by atoms with Crippen LogP contribution in [0.4, 0.5) is 0 Å². The Labute approximate surface area is 94.4 Å². The second-order valence-electron chi connectivity index (χ2n) is 3.84. The molecular weight excluding hydrogens is 206 g/mol. The van der Waals surface area contributed by atoms with E-state index in [-0.39, 0.29) is 5.92 Å². The first-order valence-corrected chi connectivity index (χ1v) is 6.22. The highest BCUT2D eigenvalue weighted by atomic mass is 32.2. The normalized spacial score (nSPS) is 26.2. The smallest absolute Gasteiger partial charge is 0.135 e. The van der Waals surface area contributed by atoms with Gasteiger partial charge in [-0.1, -0.05) is 30.3 Å². The van der Waals surface area contributed by atoms with Crippen molar-refractivity contribution in [3.05, 3.63) is 35.9 Å². The van der Waals surface area contributed by atoms with Crippen molar-refractivity contribution < 1.29 is 4.79 Å². The molecule has 0 saturated carbocycles. The number of rotatable bonds is 2. The predicted octanol–water partition coefficient (Wildman–Crippen LogP) is 2.23. The topological polar surface area (TPSA) is 29.1 Å². The minimum Gasteiger partial charge on any atom is -0.301 e. The lowest BCUT2D eigenvalue weighted by atomic mass is 10.1. The molecule has 3 heteroatoms. The molecule has 0 aromatic heterocycles. The summed E-state index contributed by atoms with van der Waals surface area (Å²) in [6.07, 6.45) is 0. The van der Waals surface area contributed by atoms with Crippen molar-refractivity contribution in [1.82, 2.24) is 5.32 Å². The first-order chi connectivity index (χ1) is 7.27. The van der Waals surface area contributed by atoms with E-state index in [0.717, 1.165) is 12.3 Å². The number of carbonyl (C=O) groups is 1. The highest BCUT2D eigenvalue weighted by molar-refractivity contribution is 7.99. The largest absolute Gasteiger partial charge is 0.301 e. The van der Waals surface area contributed by atoms with E-state index in [0.29, 0.717) is 11.2 Å². The average Bonchev–Trinajstić information content (AvgIpc) is 2.30. The Kier molecular flexibility index (Phi) is 3.44. The van der Waals surface area contributed by atoms with Crippen LogP contribution >= 0.6 is 11.8 Å². The van der Waals surface area contributed by atoms with Crippen LogP contribution in [0.1, 0.15) is 17.9 Å². The molecule has 2 rings (SSSR count). The van der Waals surface area contributed by atoms with Crippen LogP contribution in [0.5, 0.6) is 0 Å². The number of Topliss-reactive ketones (excluding diaryl/α,β-unsaturated/α-hetero) is 1. The SMILES string of the molecule is CC(=O)C1CNC(c2ccccc2)SC1. The van der Waals surface area contributed by atoms with Crippen molar-refractivity contribution in [3.63, 3.8) is 0 Å². The zero-order valence-electron chi connectivity index (χ0n) is 8.77. The number of hydrogen-bond donors (Lipinski definition) is 1. The molecule has 1 aliphatic rings. The molecule has 0 aliphatic carbocycles. The Bertz CT molecular complexity index is 331. The predicted molar refractivity (Wildman–Crippen MR) is 63.8 cm³/mol. The minimum atomic E-state index is 0.190. The summed E-state index contributed by atoms with van der Waals surface area (Å²) >= 11 is 1.82. The quantitative estimate of drug-likeness (QED) is 0.830. The van der Waals surface area contributed by atoms with Gasteiger partial charge in [0.1, 0.15) is 5.78 Å². The van der Waals surface area contributed by atoms with E-state index >= 15 is 0 Å². The van der Waals surface area contributed by atoms with Crippen LogP contribution in [0.3, 0.4) is 0 Å². The number of thioether (sulfide) groups is 1. The molecule has 1 aromatic carbocycles. The molecule has 1 heterocycles. The molecule has 0 bridgehead atoms. The van der Waals surface area contributed by atoms with E-state index in [1.165, 1.54) is 5.56 Å². The van der Waals surface area contributed by atoms with Crippen molar-refractivity contribution >= 4 is 17.5 Å². The first-order valence-electron chi connectivity index (χ1n) is 5.18. The fourth-order valence-electron chi connectivity index (χ4n) is 1.68. The summed E-state index contributed by atoms with van der Waals surface area (Å²) < 4.78 is 0. The van der Waals surface area contributed by atoms with Gasteiger partial charge in [-0.25, -0.2) is 0 Å². The number of nitrogens with one attached hydrogen (secondary N) is 1. The van der Waals surface area contributed by atoms with Gasteiger partial charge in [0, 0.05) is 18.2 Å². The van der Waals surface area contributed by atoms with Crippen LogP contribution in [0, 0.1) is 5.92 Å². The third kappa shape index (κ3) is 2.61. The van der Waals surface area contributed by atoms with Crippen molar-refractivity contribution in [2.45, 2.75) is 12.3 Å². The Morgan fingerprint density at radius 2 is 2.13 bits per heavy atom. The summed E-state index contributed by atoms with van der Waals surface area (Å²) in [5.41, 5.74) is 1.30.